The van der Waals surface area contributed by atoms with E-state index in [-0.39, 0.29) is 22.3 Å². The zero-order valence-corrected chi connectivity index (χ0v) is 17.4. The molecule has 0 bridgehead atoms. The summed E-state index contributed by atoms with van der Waals surface area (Å²) >= 11 is 0. The van der Waals surface area contributed by atoms with Gasteiger partial charge in [-0.1, -0.05) is 33.4 Å². The third-order valence-corrected chi connectivity index (χ3v) is 3.86. The standard InChI is InChI=1S/C21H30F3N3O/c1-14(28)17(15-12-25-18(26-13-15)21(22,23)24)11-16(19(2,3)4)9-8-10-27-20(5,6)7/h9,11-13,27-28H,1,8,10H2,2-7H3/b16-9+,17-11+. The van der Waals surface area contributed by atoms with Crippen LogP contribution in [-0.2, 0) is 6.18 Å². The summed E-state index contributed by atoms with van der Waals surface area (Å²) in [5.74, 6) is -1.48. The maximum atomic E-state index is 12.7. The Labute approximate surface area is 165 Å². The topological polar surface area (TPSA) is 58.0 Å². The van der Waals surface area contributed by atoms with Gasteiger partial charge in [-0.25, -0.2) is 9.97 Å². The minimum absolute atomic E-state index is 0.00763. The zero-order chi connectivity index (χ0) is 21.8. The Balaban J connectivity index is 3.21. The van der Waals surface area contributed by atoms with Crippen LogP contribution in [0.15, 0.2) is 42.5 Å². The number of halogens is 3. The van der Waals surface area contributed by atoms with E-state index in [1.54, 1.807) is 6.08 Å². The molecule has 0 spiro atoms. The Kier molecular flexibility index (Phi) is 7.59. The van der Waals surface area contributed by atoms with Crippen molar-refractivity contribution in [1.29, 1.82) is 0 Å². The van der Waals surface area contributed by atoms with E-state index in [0.717, 1.165) is 30.9 Å². The van der Waals surface area contributed by atoms with Gasteiger partial charge < -0.3 is 10.4 Å². The summed E-state index contributed by atoms with van der Waals surface area (Å²) in [7, 11) is 0. The Morgan fingerprint density at radius 1 is 1.11 bits per heavy atom. The van der Waals surface area contributed by atoms with E-state index < -0.39 is 12.0 Å². The van der Waals surface area contributed by atoms with Crippen molar-refractivity contribution in [3.63, 3.8) is 0 Å². The van der Waals surface area contributed by atoms with E-state index in [9.17, 15) is 18.3 Å². The van der Waals surface area contributed by atoms with Gasteiger partial charge in [-0.05, 0) is 50.8 Å². The van der Waals surface area contributed by atoms with E-state index in [0.29, 0.717) is 5.57 Å². The van der Waals surface area contributed by atoms with Gasteiger partial charge in [-0.15, -0.1) is 0 Å². The minimum atomic E-state index is -4.62. The highest BCUT2D eigenvalue weighted by Crippen LogP contribution is 2.32. The van der Waals surface area contributed by atoms with E-state index in [2.05, 4.69) is 42.6 Å². The first kappa shape index (κ1) is 23.9. The van der Waals surface area contributed by atoms with Crippen LogP contribution in [0, 0.1) is 5.41 Å². The molecule has 0 fully saturated rings. The average Bonchev–Trinajstić information content (AvgIpc) is 2.51. The summed E-state index contributed by atoms with van der Waals surface area (Å²) in [4.78, 5) is 6.73. The van der Waals surface area contributed by atoms with E-state index >= 15 is 0 Å². The van der Waals surface area contributed by atoms with Crippen LogP contribution in [0.1, 0.15) is 59.4 Å². The molecule has 1 aromatic rings. The highest BCUT2D eigenvalue weighted by molar-refractivity contribution is 5.77. The summed E-state index contributed by atoms with van der Waals surface area (Å²) in [6.45, 7) is 16.6. The number of hydrogen-bond donors (Lipinski definition) is 2. The molecule has 0 saturated heterocycles. The lowest BCUT2D eigenvalue weighted by Gasteiger charge is -2.23. The lowest BCUT2D eigenvalue weighted by atomic mass is 9.84. The number of aliphatic hydroxyl groups is 1. The number of aromatic nitrogens is 2. The quantitative estimate of drug-likeness (QED) is 0.367. The molecule has 4 nitrogen and oxygen atoms in total. The van der Waals surface area contributed by atoms with E-state index in [1.807, 2.05) is 26.8 Å². The molecular weight excluding hydrogens is 367 g/mol. The Hall–Kier alpha value is -2.15. The molecule has 28 heavy (non-hydrogen) atoms. The molecule has 0 atom stereocenters. The average molecular weight is 397 g/mol. The van der Waals surface area contributed by atoms with Crippen molar-refractivity contribution in [3.05, 3.63) is 53.8 Å². The Morgan fingerprint density at radius 2 is 1.64 bits per heavy atom. The molecule has 0 unspecified atom stereocenters. The minimum Gasteiger partial charge on any atom is -0.508 e. The molecule has 0 saturated carbocycles. The molecule has 0 amide bonds. The van der Waals surface area contributed by atoms with Gasteiger partial charge in [0.2, 0.25) is 5.82 Å². The highest BCUT2D eigenvalue weighted by Gasteiger charge is 2.34. The molecule has 0 aliphatic carbocycles. The number of nitrogens with one attached hydrogen (secondary N) is 1. The number of hydrogen-bond acceptors (Lipinski definition) is 4. The largest absolute Gasteiger partial charge is 0.508 e. The number of rotatable bonds is 6. The molecule has 1 aromatic heterocycles. The van der Waals surface area contributed by atoms with Gasteiger partial charge in [0.05, 0.1) is 0 Å². The monoisotopic (exact) mass is 397 g/mol. The van der Waals surface area contributed by atoms with Crippen LogP contribution < -0.4 is 5.32 Å². The fraction of sp³-hybridized carbons (Fsp3) is 0.524. The molecule has 1 rings (SSSR count). The van der Waals surface area contributed by atoms with Gasteiger partial charge in [0.25, 0.3) is 0 Å². The van der Waals surface area contributed by atoms with E-state index in [4.69, 9.17) is 0 Å². The highest BCUT2D eigenvalue weighted by atomic mass is 19.4. The van der Waals surface area contributed by atoms with Crippen molar-refractivity contribution in [2.45, 2.75) is 59.7 Å². The molecular formula is C21H30F3N3O. The first-order valence-electron chi connectivity index (χ1n) is 9.06. The molecule has 0 aliphatic heterocycles. The predicted molar refractivity (Wildman–Crippen MR) is 107 cm³/mol. The van der Waals surface area contributed by atoms with E-state index in [1.165, 1.54) is 0 Å². The van der Waals surface area contributed by atoms with Crippen molar-refractivity contribution in [2.24, 2.45) is 5.41 Å². The second kappa shape index (κ2) is 8.90. The van der Waals surface area contributed by atoms with Gasteiger partial charge in [-0.3, -0.25) is 0 Å². The predicted octanol–water partition coefficient (Wildman–Crippen LogP) is 5.70. The van der Waals surface area contributed by atoms with Crippen LogP contribution in [0.2, 0.25) is 0 Å². The second-order valence-electron chi connectivity index (χ2n) is 8.67. The van der Waals surface area contributed by atoms with Gasteiger partial charge in [0.1, 0.15) is 5.76 Å². The normalized spacial score (nSPS) is 14.3. The first-order valence-corrected chi connectivity index (χ1v) is 9.06. The second-order valence-corrected chi connectivity index (χ2v) is 8.67. The van der Waals surface area contributed by atoms with Gasteiger partial charge in [0.15, 0.2) is 0 Å². The molecule has 156 valence electrons. The third-order valence-electron chi connectivity index (χ3n) is 3.86. The van der Waals surface area contributed by atoms with Crippen molar-refractivity contribution in [2.75, 3.05) is 6.54 Å². The summed E-state index contributed by atoms with van der Waals surface area (Å²) < 4.78 is 38.0. The Bertz CT molecular complexity index is 734. The first-order chi connectivity index (χ1) is 12.6. The number of aliphatic hydroxyl groups excluding tert-OH is 1. The van der Waals surface area contributed by atoms with Crippen molar-refractivity contribution < 1.29 is 18.3 Å². The number of nitrogens with zero attached hydrogens (tertiary/aromatic N) is 2. The molecule has 0 radical (unpaired) electrons. The van der Waals surface area contributed by atoms with Crippen LogP contribution in [0.25, 0.3) is 5.57 Å². The summed E-state index contributed by atoms with van der Waals surface area (Å²) in [6, 6.07) is 0. The Morgan fingerprint density at radius 3 is 2.04 bits per heavy atom. The lowest BCUT2D eigenvalue weighted by molar-refractivity contribution is -0.145. The summed E-state index contributed by atoms with van der Waals surface area (Å²) in [5, 5.41) is 13.4. The summed E-state index contributed by atoms with van der Waals surface area (Å²) in [5.41, 5.74) is 1.25. The van der Waals surface area contributed by atoms with Crippen molar-refractivity contribution in [1.82, 2.24) is 15.3 Å². The van der Waals surface area contributed by atoms with Gasteiger partial charge in [0, 0.05) is 29.1 Å². The molecule has 2 N–H and O–H groups in total. The van der Waals surface area contributed by atoms with Gasteiger partial charge >= 0.3 is 6.18 Å². The zero-order valence-electron chi connectivity index (χ0n) is 17.4. The van der Waals surface area contributed by atoms with Crippen LogP contribution in [0.3, 0.4) is 0 Å². The van der Waals surface area contributed by atoms with Gasteiger partial charge in [-0.2, -0.15) is 13.2 Å². The van der Waals surface area contributed by atoms with Crippen molar-refractivity contribution in [3.8, 4) is 0 Å². The number of allylic oxidation sites excluding steroid dienone is 3. The lowest BCUT2D eigenvalue weighted by Crippen LogP contribution is -2.36. The fourth-order valence-corrected chi connectivity index (χ4v) is 2.36. The third kappa shape index (κ3) is 7.84. The van der Waals surface area contributed by atoms with Crippen LogP contribution in [-0.4, -0.2) is 27.2 Å². The summed E-state index contributed by atoms with van der Waals surface area (Å²) in [6.07, 6.45) is 2.01. The fourth-order valence-electron chi connectivity index (χ4n) is 2.36. The van der Waals surface area contributed by atoms with Crippen LogP contribution in [0.5, 0.6) is 0 Å². The van der Waals surface area contributed by atoms with Crippen LogP contribution >= 0.6 is 0 Å². The SMILES string of the molecule is C=C(O)/C(=C\C(=C/CCNC(C)(C)C)C(C)(C)C)c1cnc(C(F)(F)F)nc1. The van der Waals surface area contributed by atoms with Crippen LogP contribution in [0.4, 0.5) is 13.2 Å². The molecule has 0 aliphatic rings. The maximum absolute atomic E-state index is 12.7. The van der Waals surface area contributed by atoms with Crippen molar-refractivity contribution >= 4 is 5.57 Å². The molecule has 7 heteroatoms. The smallest absolute Gasteiger partial charge is 0.451 e. The maximum Gasteiger partial charge on any atom is 0.451 e. The number of alkyl halides is 3. The molecule has 0 aromatic carbocycles. The molecule has 1 heterocycles.